The molecule has 2 aromatic carbocycles. The average Bonchev–Trinajstić information content (AvgIpc) is 2.46. The van der Waals surface area contributed by atoms with Crippen molar-refractivity contribution in [1.82, 2.24) is 0 Å². The third kappa shape index (κ3) is 3.75. The lowest BCUT2D eigenvalue weighted by molar-refractivity contribution is 0.0697. The number of benzene rings is 2. The SMILES string of the molecule is Cc1ccc(NCc2ccc(C(=O)O)cc2)cc1N(C)C. The van der Waals surface area contributed by atoms with Gasteiger partial charge in [0.15, 0.2) is 0 Å². The van der Waals surface area contributed by atoms with E-state index in [1.807, 2.05) is 32.3 Å². The number of rotatable bonds is 5. The number of nitrogens with one attached hydrogen (secondary N) is 1. The minimum Gasteiger partial charge on any atom is -0.478 e. The molecule has 4 nitrogen and oxygen atoms in total. The Kier molecular flexibility index (Phi) is 4.48. The molecule has 0 aromatic heterocycles. The van der Waals surface area contributed by atoms with Crippen LogP contribution in [0.15, 0.2) is 42.5 Å². The maximum Gasteiger partial charge on any atom is 0.335 e. The molecule has 0 aliphatic rings. The first-order valence-corrected chi connectivity index (χ1v) is 6.81. The molecule has 0 atom stereocenters. The summed E-state index contributed by atoms with van der Waals surface area (Å²) >= 11 is 0. The van der Waals surface area contributed by atoms with Gasteiger partial charge in [0.2, 0.25) is 0 Å². The highest BCUT2D eigenvalue weighted by molar-refractivity contribution is 5.87. The normalized spacial score (nSPS) is 10.2. The van der Waals surface area contributed by atoms with Crippen LogP contribution in [0.3, 0.4) is 0 Å². The fraction of sp³-hybridized carbons (Fsp3) is 0.235. The summed E-state index contributed by atoms with van der Waals surface area (Å²) in [5, 5.41) is 12.2. The molecule has 0 saturated heterocycles. The fourth-order valence-corrected chi connectivity index (χ4v) is 2.17. The first-order valence-electron chi connectivity index (χ1n) is 6.81. The van der Waals surface area contributed by atoms with E-state index in [-0.39, 0.29) is 0 Å². The van der Waals surface area contributed by atoms with Crippen molar-refractivity contribution >= 4 is 17.3 Å². The summed E-state index contributed by atoms with van der Waals surface area (Å²) < 4.78 is 0. The number of carbonyl (C=O) groups is 1. The van der Waals surface area contributed by atoms with Crippen molar-refractivity contribution in [2.24, 2.45) is 0 Å². The zero-order valence-corrected chi connectivity index (χ0v) is 12.6. The van der Waals surface area contributed by atoms with Gasteiger partial charge in [0.25, 0.3) is 0 Å². The van der Waals surface area contributed by atoms with E-state index in [9.17, 15) is 4.79 Å². The molecule has 4 heteroatoms. The van der Waals surface area contributed by atoms with E-state index >= 15 is 0 Å². The summed E-state index contributed by atoms with van der Waals surface area (Å²) in [5.41, 5.74) is 4.82. The molecular formula is C17H20N2O2. The second-order valence-corrected chi connectivity index (χ2v) is 5.25. The summed E-state index contributed by atoms with van der Waals surface area (Å²) in [6, 6.07) is 13.2. The lowest BCUT2D eigenvalue weighted by Gasteiger charge is -2.17. The van der Waals surface area contributed by atoms with E-state index in [0.717, 1.165) is 11.3 Å². The standard InChI is InChI=1S/C17H20N2O2/c1-12-4-9-15(10-16(12)19(2)3)18-11-13-5-7-14(8-6-13)17(20)21/h4-10,18H,11H2,1-3H3,(H,20,21). The second kappa shape index (κ2) is 6.31. The number of hydrogen-bond acceptors (Lipinski definition) is 3. The Bertz CT molecular complexity index is 634. The van der Waals surface area contributed by atoms with Gasteiger partial charge in [-0.25, -0.2) is 4.79 Å². The highest BCUT2D eigenvalue weighted by atomic mass is 16.4. The van der Waals surface area contributed by atoms with Gasteiger partial charge in [-0.15, -0.1) is 0 Å². The van der Waals surface area contributed by atoms with Crippen molar-refractivity contribution in [2.45, 2.75) is 13.5 Å². The van der Waals surface area contributed by atoms with Crippen LogP contribution in [0.25, 0.3) is 0 Å². The molecule has 0 radical (unpaired) electrons. The van der Waals surface area contributed by atoms with Crippen LogP contribution in [0, 0.1) is 6.92 Å². The number of hydrogen-bond donors (Lipinski definition) is 2. The number of nitrogens with zero attached hydrogens (tertiary/aromatic N) is 1. The van der Waals surface area contributed by atoms with E-state index < -0.39 is 5.97 Å². The van der Waals surface area contributed by atoms with Gasteiger partial charge >= 0.3 is 5.97 Å². The highest BCUT2D eigenvalue weighted by Crippen LogP contribution is 2.22. The predicted octanol–water partition coefficient (Wildman–Crippen LogP) is 3.37. The maximum absolute atomic E-state index is 10.8. The third-order valence-electron chi connectivity index (χ3n) is 3.39. The zero-order chi connectivity index (χ0) is 15.4. The van der Waals surface area contributed by atoms with Crippen LogP contribution in [0.4, 0.5) is 11.4 Å². The highest BCUT2D eigenvalue weighted by Gasteiger charge is 2.04. The third-order valence-corrected chi connectivity index (χ3v) is 3.39. The minimum atomic E-state index is -0.899. The Morgan fingerprint density at radius 2 is 1.81 bits per heavy atom. The number of carboxylic acid groups (broad SMARTS) is 1. The van der Waals surface area contributed by atoms with Crippen molar-refractivity contribution in [1.29, 1.82) is 0 Å². The van der Waals surface area contributed by atoms with Crippen LogP contribution in [0.1, 0.15) is 21.5 Å². The van der Waals surface area contributed by atoms with Crippen LogP contribution in [0.5, 0.6) is 0 Å². The first kappa shape index (κ1) is 14.9. The number of aromatic carboxylic acids is 1. The molecule has 0 aliphatic carbocycles. The van der Waals surface area contributed by atoms with Crippen molar-refractivity contribution in [3.8, 4) is 0 Å². The van der Waals surface area contributed by atoms with Crippen LogP contribution in [-0.4, -0.2) is 25.2 Å². The van der Waals surface area contributed by atoms with Gasteiger partial charge in [0, 0.05) is 32.0 Å². The zero-order valence-electron chi connectivity index (χ0n) is 12.6. The fourth-order valence-electron chi connectivity index (χ4n) is 2.17. The maximum atomic E-state index is 10.8. The van der Waals surface area contributed by atoms with Crippen LogP contribution in [-0.2, 0) is 6.54 Å². The van der Waals surface area contributed by atoms with Crippen LogP contribution < -0.4 is 10.2 Å². The molecule has 0 amide bonds. The first-order chi connectivity index (χ1) is 9.97. The van der Waals surface area contributed by atoms with E-state index in [0.29, 0.717) is 12.1 Å². The van der Waals surface area contributed by atoms with Crippen molar-refractivity contribution in [3.63, 3.8) is 0 Å². The summed E-state index contributed by atoms with van der Waals surface area (Å²) in [6.07, 6.45) is 0. The van der Waals surface area contributed by atoms with E-state index in [1.165, 1.54) is 11.3 Å². The Labute approximate surface area is 125 Å². The molecule has 0 heterocycles. The minimum absolute atomic E-state index is 0.309. The largest absolute Gasteiger partial charge is 0.478 e. The quantitative estimate of drug-likeness (QED) is 0.884. The molecule has 2 N–H and O–H groups in total. The average molecular weight is 284 g/mol. The Morgan fingerprint density at radius 3 is 2.38 bits per heavy atom. The molecule has 2 aromatic rings. The van der Waals surface area contributed by atoms with Crippen molar-refractivity contribution in [3.05, 3.63) is 59.2 Å². The Morgan fingerprint density at radius 1 is 1.14 bits per heavy atom. The number of aryl methyl sites for hydroxylation is 1. The predicted molar refractivity (Wildman–Crippen MR) is 86.2 cm³/mol. The summed E-state index contributed by atoms with van der Waals surface area (Å²) in [7, 11) is 4.05. The monoisotopic (exact) mass is 284 g/mol. The molecule has 0 fully saturated rings. The Hall–Kier alpha value is -2.49. The summed E-state index contributed by atoms with van der Waals surface area (Å²) in [6.45, 7) is 2.75. The summed E-state index contributed by atoms with van der Waals surface area (Å²) in [4.78, 5) is 12.9. The lowest BCUT2D eigenvalue weighted by atomic mass is 10.1. The van der Waals surface area contributed by atoms with Gasteiger partial charge in [-0.3, -0.25) is 0 Å². The molecule has 0 bridgehead atoms. The number of carboxylic acids is 1. The van der Waals surface area contributed by atoms with Gasteiger partial charge in [-0.2, -0.15) is 0 Å². The Balaban J connectivity index is 2.06. The van der Waals surface area contributed by atoms with Gasteiger partial charge < -0.3 is 15.3 Å². The van der Waals surface area contributed by atoms with E-state index in [4.69, 9.17) is 5.11 Å². The second-order valence-electron chi connectivity index (χ2n) is 5.25. The number of anilines is 2. The van der Waals surface area contributed by atoms with E-state index in [2.05, 4.69) is 29.3 Å². The molecule has 0 unspecified atom stereocenters. The topological polar surface area (TPSA) is 52.6 Å². The van der Waals surface area contributed by atoms with Gasteiger partial charge in [-0.1, -0.05) is 18.2 Å². The van der Waals surface area contributed by atoms with Crippen molar-refractivity contribution in [2.75, 3.05) is 24.3 Å². The summed E-state index contributed by atoms with van der Waals surface area (Å²) in [5.74, 6) is -0.899. The molecular weight excluding hydrogens is 264 g/mol. The van der Waals surface area contributed by atoms with Gasteiger partial charge in [-0.05, 0) is 42.3 Å². The lowest BCUT2D eigenvalue weighted by Crippen LogP contribution is -2.11. The molecule has 2 rings (SSSR count). The van der Waals surface area contributed by atoms with E-state index in [1.54, 1.807) is 12.1 Å². The van der Waals surface area contributed by atoms with Gasteiger partial charge in [0.1, 0.15) is 0 Å². The molecule has 0 spiro atoms. The molecule has 0 aliphatic heterocycles. The molecule has 0 saturated carbocycles. The van der Waals surface area contributed by atoms with Crippen LogP contribution >= 0.6 is 0 Å². The van der Waals surface area contributed by atoms with Crippen LogP contribution in [0.2, 0.25) is 0 Å². The molecule has 21 heavy (non-hydrogen) atoms. The van der Waals surface area contributed by atoms with Crippen molar-refractivity contribution < 1.29 is 9.90 Å². The van der Waals surface area contributed by atoms with Gasteiger partial charge in [0.05, 0.1) is 5.56 Å². The molecule has 110 valence electrons. The smallest absolute Gasteiger partial charge is 0.335 e.